The molecule has 0 aliphatic heterocycles. The third kappa shape index (κ3) is 6.03. The fourth-order valence-corrected chi connectivity index (χ4v) is 16.1. The number of nitrogens with zero attached hydrogens (tertiary/aromatic N) is 5. The standard InChI is InChI=1S/C64H43N5Si/c1-3-19-46(20-4-1)70(47-21-5-2-6-22-47,49-41-37-45(38-42-49)67-57-29-13-7-23-50(57)51-24-8-14-30-58(51)67)48-39-35-44(36-40-48)56-43-63(68-59-31-15-9-25-52(59)53-26-10-16-32-60(53)68)66-64(65-56)69-61-33-17-11-27-54(61)55-28-12-18-34-62(55)69/h1-43H. The lowest BCUT2D eigenvalue weighted by atomic mass is 10.1. The van der Waals surface area contributed by atoms with Gasteiger partial charge in [0.05, 0.1) is 38.8 Å². The molecule has 0 unspecified atom stereocenters. The lowest BCUT2D eigenvalue weighted by molar-refractivity contribution is 0.952. The Labute approximate surface area is 405 Å². The van der Waals surface area contributed by atoms with Gasteiger partial charge < -0.3 is 4.57 Å². The fourth-order valence-electron chi connectivity index (χ4n) is 11.4. The minimum absolute atomic E-state index is 0.622. The van der Waals surface area contributed by atoms with E-state index in [4.69, 9.17) is 9.97 Å². The van der Waals surface area contributed by atoms with E-state index < -0.39 is 8.07 Å². The topological polar surface area (TPSA) is 40.6 Å². The van der Waals surface area contributed by atoms with E-state index in [9.17, 15) is 0 Å². The van der Waals surface area contributed by atoms with Crippen LogP contribution in [0.1, 0.15) is 0 Å². The van der Waals surface area contributed by atoms with Crippen molar-refractivity contribution >= 4 is 94.2 Å². The number of benzene rings is 10. The first kappa shape index (κ1) is 40.0. The maximum Gasteiger partial charge on any atom is 0.237 e. The van der Waals surface area contributed by atoms with E-state index in [1.54, 1.807) is 0 Å². The molecule has 0 atom stereocenters. The molecule has 14 rings (SSSR count). The van der Waals surface area contributed by atoms with Crippen LogP contribution in [0.25, 0.3) is 94.1 Å². The summed E-state index contributed by atoms with van der Waals surface area (Å²) >= 11 is 0. The molecular formula is C64H43N5Si. The second-order valence-corrected chi connectivity index (χ2v) is 21.9. The number of hydrogen-bond donors (Lipinski definition) is 0. The molecule has 14 aromatic rings. The zero-order valence-electron chi connectivity index (χ0n) is 38.1. The van der Waals surface area contributed by atoms with E-state index >= 15 is 0 Å². The van der Waals surface area contributed by atoms with Crippen LogP contribution in [0.4, 0.5) is 0 Å². The minimum atomic E-state index is -2.92. The van der Waals surface area contributed by atoms with Crippen LogP contribution in [-0.4, -0.2) is 31.7 Å². The van der Waals surface area contributed by atoms with Gasteiger partial charge in [-0.15, -0.1) is 0 Å². The molecule has 4 heterocycles. The summed E-state index contributed by atoms with van der Waals surface area (Å²) in [5.74, 6) is 1.43. The highest BCUT2D eigenvalue weighted by molar-refractivity contribution is 7.19. The normalized spacial score (nSPS) is 12.0. The summed E-state index contributed by atoms with van der Waals surface area (Å²) < 4.78 is 6.93. The van der Waals surface area contributed by atoms with Crippen molar-refractivity contribution in [3.63, 3.8) is 0 Å². The van der Waals surface area contributed by atoms with Crippen LogP contribution in [0.3, 0.4) is 0 Å². The van der Waals surface area contributed by atoms with Gasteiger partial charge in [0.1, 0.15) is 5.82 Å². The van der Waals surface area contributed by atoms with Gasteiger partial charge in [-0.1, -0.05) is 206 Å². The number of para-hydroxylation sites is 6. The summed E-state index contributed by atoms with van der Waals surface area (Å²) in [6.45, 7) is 0. The molecule has 4 aromatic heterocycles. The van der Waals surface area contributed by atoms with Gasteiger partial charge in [-0.25, -0.2) is 4.98 Å². The first-order valence-electron chi connectivity index (χ1n) is 23.9. The first-order chi connectivity index (χ1) is 34.7. The largest absolute Gasteiger partial charge is 0.309 e. The van der Waals surface area contributed by atoms with Crippen LogP contribution >= 0.6 is 0 Å². The summed E-state index contributed by atoms with van der Waals surface area (Å²) in [5.41, 5.74) is 9.74. The average Bonchev–Trinajstić information content (AvgIpc) is 4.08. The molecule has 6 heteroatoms. The maximum atomic E-state index is 5.51. The van der Waals surface area contributed by atoms with Crippen molar-refractivity contribution in [2.24, 2.45) is 0 Å². The predicted molar refractivity (Wildman–Crippen MR) is 294 cm³/mol. The van der Waals surface area contributed by atoms with Crippen molar-refractivity contribution in [3.8, 4) is 28.7 Å². The van der Waals surface area contributed by atoms with Crippen LogP contribution in [0.2, 0.25) is 0 Å². The Morgan fingerprint density at radius 1 is 0.271 bits per heavy atom. The SMILES string of the molecule is c1ccc([Si](c2ccccc2)(c2ccc(-c3cc(-n4c5ccccc5c5ccccc54)nc(-n4c5ccccc5c5ccccc54)n3)cc2)c2ccc(-n3c4ccccc4c4ccccc43)cc2)cc1. The number of aromatic nitrogens is 5. The van der Waals surface area contributed by atoms with Gasteiger partial charge >= 0.3 is 0 Å². The van der Waals surface area contributed by atoms with E-state index in [1.807, 2.05) is 0 Å². The third-order valence-corrected chi connectivity index (χ3v) is 19.3. The molecule has 0 aliphatic rings. The summed E-state index contributed by atoms with van der Waals surface area (Å²) in [6, 6.07) is 95.0. The summed E-state index contributed by atoms with van der Waals surface area (Å²) in [7, 11) is -2.92. The van der Waals surface area contributed by atoms with Gasteiger partial charge in [0.2, 0.25) is 5.95 Å². The molecular weight excluding hydrogens is 867 g/mol. The monoisotopic (exact) mass is 909 g/mol. The molecule has 0 N–H and O–H groups in total. The van der Waals surface area contributed by atoms with E-state index in [0.29, 0.717) is 5.95 Å². The van der Waals surface area contributed by atoms with Gasteiger partial charge in [-0.3, -0.25) is 9.13 Å². The molecule has 0 saturated carbocycles. The Kier molecular flexibility index (Phi) is 9.15. The molecule has 0 spiro atoms. The molecule has 0 aliphatic carbocycles. The molecule has 0 radical (unpaired) electrons. The van der Waals surface area contributed by atoms with Gasteiger partial charge in [-0.2, -0.15) is 4.98 Å². The molecule has 10 aromatic carbocycles. The minimum Gasteiger partial charge on any atom is -0.309 e. The van der Waals surface area contributed by atoms with Gasteiger partial charge in [0.15, 0.2) is 8.07 Å². The fraction of sp³-hybridized carbons (Fsp3) is 0. The van der Waals surface area contributed by atoms with Crippen molar-refractivity contribution in [2.75, 3.05) is 0 Å². The molecule has 0 fully saturated rings. The molecule has 0 saturated heterocycles. The Bertz CT molecular complexity index is 3950. The number of rotatable bonds is 8. The second-order valence-electron chi connectivity index (χ2n) is 18.1. The first-order valence-corrected chi connectivity index (χ1v) is 25.9. The van der Waals surface area contributed by atoms with E-state index in [-0.39, 0.29) is 0 Å². The van der Waals surface area contributed by atoms with Crippen molar-refractivity contribution in [1.29, 1.82) is 0 Å². The van der Waals surface area contributed by atoms with Crippen LogP contribution in [-0.2, 0) is 0 Å². The summed E-state index contributed by atoms with van der Waals surface area (Å²) in [6.07, 6.45) is 0. The van der Waals surface area contributed by atoms with Crippen molar-refractivity contribution < 1.29 is 0 Å². The van der Waals surface area contributed by atoms with E-state index in [2.05, 4.69) is 275 Å². The highest BCUT2D eigenvalue weighted by Crippen LogP contribution is 2.36. The lowest BCUT2D eigenvalue weighted by Crippen LogP contribution is -2.74. The molecule has 5 nitrogen and oxygen atoms in total. The third-order valence-electron chi connectivity index (χ3n) is 14.5. The molecule has 328 valence electrons. The zero-order valence-corrected chi connectivity index (χ0v) is 39.1. The van der Waals surface area contributed by atoms with Crippen LogP contribution in [0.5, 0.6) is 0 Å². The second kappa shape index (κ2) is 16.0. The summed E-state index contributed by atoms with van der Waals surface area (Å²) in [5, 5.41) is 12.5. The molecule has 0 amide bonds. The maximum absolute atomic E-state index is 5.51. The van der Waals surface area contributed by atoms with Crippen molar-refractivity contribution in [1.82, 2.24) is 23.7 Å². The van der Waals surface area contributed by atoms with Gasteiger partial charge in [-0.05, 0) is 69.3 Å². The Morgan fingerprint density at radius 3 is 1.01 bits per heavy atom. The van der Waals surface area contributed by atoms with Crippen LogP contribution in [0.15, 0.2) is 261 Å². The van der Waals surface area contributed by atoms with Crippen molar-refractivity contribution in [3.05, 3.63) is 261 Å². The van der Waals surface area contributed by atoms with Gasteiger partial charge in [0, 0.05) is 49.6 Å². The average molecular weight is 910 g/mol. The molecule has 0 bridgehead atoms. The van der Waals surface area contributed by atoms with Crippen LogP contribution < -0.4 is 20.7 Å². The number of hydrogen-bond acceptors (Lipinski definition) is 2. The zero-order chi connectivity index (χ0) is 46.2. The van der Waals surface area contributed by atoms with Crippen molar-refractivity contribution in [2.45, 2.75) is 0 Å². The van der Waals surface area contributed by atoms with Crippen LogP contribution in [0, 0.1) is 0 Å². The Hall–Kier alpha value is -9.10. The highest BCUT2D eigenvalue weighted by atomic mass is 28.3. The predicted octanol–water partition coefficient (Wildman–Crippen LogP) is 12.8. The highest BCUT2D eigenvalue weighted by Gasteiger charge is 2.41. The molecule has 70 heavy (non-hydrogen) atoms. The Morgan fingerprint density at radius 2 is 0.600 bits per heavy atom. The quantitative estimate of drug-likeness (QED) is 0.113. The Balaban J connectivity index is 0.978. The summed E-state index contributed by atoms with van der Waals surface area (Å²) in [4.78, 5) is 11.0. The number of fused-ring (bicyclic) bond motifs is 9. The smallest absolute Gasteiger partial charge is 0.237 e. The van der Waals surface area contributed by atoms with Gasteiger partial charge in [0.25, 0.3) is 0 Å². The van der Waals surface area contributed by atoms with E-state index in [0.717, 1.165) is 44.8 Å². The van der Waals surface area contributed by atoms with E-state index in [1.165, 1.54) is 64.1 Å². The lowest BCUT2D eigenvalue weighted by Gasteiger charge is -2.34.